The van der Waals surface area contributed by atoms with E-state index in [0.717, 1.165) is 11.1 Å². The number of benzene rings is 3. The van der Waals surface area contributed by atoms with Crippen molar-refractivity contribution in [3.05, 3.63) is 95.6 Å². The molecule has 3 aliphatic rings. The number of carbonyl (C=O) groups is 4. The summed E-state index contributed by atoms with van der Waals surface area (Å²) in [5.74, 6) is -2.61. The van der Waals surface area contributed by atoms with E-state index in [1.54, 1.807) is 37.4 Å². The summed E-state index contributed by atoms with van der Waals surface area (Å²) in [6.07, 6.45) is 0.103. The second-order valence-electron chi connectivity index (χ2n) is 12.1. The Bertz CT molecular complexity index is 1560. The van der Waals surface area contributed by atoms with Crippen molar-refractivity contribution in [1.82, 2.24) is 9.80 Å². The predicted molar refractivity (Wildman–Crippen MR) is 153 cm³/mol. The monoisotopic (exact) mass is 551 g/mol. The second-order valence-corrected chi connectivity index (χ2v) is 12.1. The number of carbonyl (C=O) groups excluding carboxylic acids is 4. The Morgan fingerprint density at radius 1 is 0.854 bits per heavy atom. The molecule has 3 fully saturated rings. The van der Waals surface area contributed by atoms with Gasteiger partial charge >= 0.3 is 6.03 Å². The quantitative estimate of drug-likeness (QED) is 0.332. The zero-order valence-electron chi connectivity index (χ0n) is 23.8. The molecular formula is C33H33N3O5. The van der Waals surface area contributed by atoms with E-state index in [0.29, 0.717) is 17.0 Å². The van der Waals surface area contributed by atoms with Gasteiger partial charge in [-0.3, -0.25) is 19.3 Å². The summed E-state index contributed by atoms with van der Waals surface area (Å²) in [5, 5.41) is 0. The molecule has 41 heavy (non-hydrogen) atoms. The number of hydrogen-bond donors (Lipinski definition) is 0. The number of amides is 5. The number of rotatable bonds is 5. The average Bonchev–Trinajstić information content (AvgIpc) is 3.46. The Kier molecular flexibility index (Phi) is 6.06. The third-order valence-corrected chi connectivity index (χ3v) is 8.59. The van der Waals surface area contributed by atoms with E-state index in [4.69, 9.17) is 4.74 Å². The van der Waals surface area contributed by atoms with E-state index in [2.05, 4.69) is 0 Å². The molecule has 0 radical (unpaired) electrons. The fourth-order valence-corrected chi connectivity index (χ4v) is 6.98. The Balaban J connectivity index is 1.62. The summed E-state index contributed by atoms with van der Waals surface area (Å²) in [5.41, 5.74) is 0.404. The van der Waals surface area contributed by atoms with Crippen LogP contribution in [0.3, 0.4) is 0 Å². The van der Waals surface area contributed by atoms with Gasteiger partial charge < -0.3 is 9.64 Å². The van der Waals surface area contributed by atoms with Crippen molar-refractivity contribution in [1.29, 1.82) is 0 Å². The first kappa shape index (κ1) is 26.7. The summed E-state index contributed by atoms with van der Waals surface area (Å²) in [7, 11) is 1.56. The molecule has 3 saturated heterocycles. The predicted octanol–water partition coefficient (Wildman–Crippen LogP) is 4.91. The molecule has 0 spiro atoms. The number of nitrogens with zero attached hydrogens (tertiary/aromatic N) is 3. The summed E-state index contributed by atoms with van der Waals surface area (Å²) in [6, 6.07) is 22.4. The van der Waals surface area contributed by atoms with E-state index in [9.17, 15) is 19.2 Å². The third-order valence-electron chi connectivity index (χ3n) is 8.59. The lowest BCUT2D eigenvalue weighted by molar-refractivity contribution is -0.149. The first-order chi connectivity index (χ1) is 19.5. The Labute approximate surface area is 239 Å². The SMILES string of the molecule is COc1ccc([C@@H]2[C@@H]3C(=O)N(C(C)(C)C)C(=O)[C@@H]3[C@]3(Cc4ccccc4)C(=O)N(c4cccc(C)c4)C(=O)N23)cc1. The molecule has 3 aliphatic heterocycles. The van der Waals surface area contributed by atoms with Crippen molar-refractivity contribution >= 4 is 29.4 Å². The second kappa shape index (κ2) is 9.29. The number of fused-ring (bicyclic) bond motifs is 3. The third kappa shape index (κ3) is 3.80. The van der Waals surface area contributed by atoms with Gasteiger partial charge in [0.25, 0.3) is 5.91 Å². The van der Waals surface area contributed by atoms with Gasteiger partial charge in [0.15, 0.2) is 0 Å². The maximum absolute atomic E-state index is 14.8. The van der Waals surface area contributed by atoms with E-state index < -0.39 is 46.8 Å². The smallest absolute Gasteiger partial charge is 0.332 e. The van der Waals surface area contributed by atoms with Crippen LogP contribution in [0.1, 0.15) is 43.5 Å². The Hall–Kier alpha value is -4.46. The minimum Gasteiger partial charge on any atom is -0.497 e. The van der Waals surface area contributed by atoms with Gasteiger partial charge in [0.2, 0.25) is 11.8 Å². The number of aryl methyl sites for hydroxylation is 1. The molecule has 0 unspecified atom stereocenters. The van der Waals surface area contributed by atoms with Crippen molar-refractivity contribution in [2.45, 2.75) is 51.2 Å². The largest absolute Gasteiger partial charge is 0.497 e. The van der Waals surface area contributed by atoms with Gasteiger partial charge in [0.1, 0.15) is 11.3 Å². The molecule has 210 valence electrons. The molecule has 3 heterocycles. The van der Waals surface area contributed by atoms with Crippen molar-refractivity contribution in [2.75, 3.05) is 12.0 Å². The molecule has 0 saturated carbocycles. The van der Waals surface area contributed by atoms with Crippen LogP contribution in [-0.4, -0.2) is 51.7 Å². The number of anilines is 1. The van der Waals surface area contributed by atoms with E-state index in [1.807, 2.05) is 76.2 Å². The molecule has 0 aromatic heterocycles. The van der Waals surface area contributed by atoms with E-state index >= 15 is 0 Å². The Morgan fingerprint density at radius 3 is 2.15 bits per heavy atom. The van der Waals surface area contributed by atoms with E-state index in [1.165, 1.54) is 14.7 Å². The van der Waals surface area contributed by atoms with Crippen molar-refractivity contribution in [3.8, 4) is 5.75 Å². The lowest BCUT2D eigenvalue weighted by Gasteiger charge is -2.38. The fourth-order valence-electron chi connectivity index (χ4n) is 6.98. The highest BCUT2D eigenvalue weighted by atomic mass is 16.5. The maximum Gasteiger partial charge on any atom is 0.332 e. The molecule has 6 rings (SSSR count). The van der Waals surface area contributed by atoms with Crippen molar-refractivity contribution in [3.63, 3.8) is 0 Å². The highest BCUT2D eigenvalue weighted by Gasteiger charge is 2.77. The number of likely N-dealkylation sites (tertiary alicyclic amines) is 1. The van der Waals surface area contributed by atoms with Gasteiger partial charge in [-0.25, -0.2) is 9.69 Å². The average molecular weight is 552 g/mol. The van der Waals surface area contributed by atoms with Crippen molar-refractivity contribution < 1.29 is 23.9 Å². The molecule has 0 aliphatic carbocycles. The maximum atomic E-state index is 14.8. The van der Waals surface area contributed by atoms with Gasteiger partial charge in [0, 0.05) is 12.0 Å². The van der Waals surface area contributed by atoms with Crippen LogP contribution in [-0.2, 0) is 20.8 Å². The minimum absolute atomic E-state index is 0.103. The number of imide groups is 2. The number of ether oxygens (including phenoxy) is 1. The van der Waals surface area contributed by atoms with Gasteiger partial charge in [0.05, 0.1) is 30.7 Å². The van der Waals surface area contributed by atoms with Crippen LogP contribution in [0.2, 0.25) is 0 Å². The van der Waals surface area contributed by atoms with Crippen LogP contribution in [0.25, 0.3) is 0 Å². The van der Waals surface area contributed by atoms with Gasteiger partial charge in [-0.1, -0.05) is 54.6 Å². The summed E-state index contributed by atoms with van der Waals surface area (Å²) < 4.78 is 5.36. The fraction of sp³-hybridized carbons (Fsp3) is 0.333. The van der Waals surface area contributed by atoms with E-state index in [-0.39, 0.29) is 12.3 Å². The van der Waals surface area contributed by atoms with Crippen molar-refractivity contribution in [2.24, 2.45) is 11.8 Å². The first-order valence-corrected chi connectivity index (χ1v) is 13.8. The highest BCUT2D eigenvalue weighted by molar-refractivity contribution is 6.27. The topological polar surface area (TPSA) is 87.2 Å². The molecule has 8 heteroatoms. The molecular weight excluding hydrogens is 518 g/mol. The van der Waals surface area contributed by atoms with Crippen LogP contribution < -0.4 is 9.64 Å². The van der Waals surface area contributed by atoms with Gasteiger partial charge in [-0.05, 0) is 68.7 Å². The van der Waals surface area contributed by atoms with Crippen LogP contribution in [0, 0.1) is 18.8 Å². The molecule has 3 aromatic rings. The summed E-state index contributed by atoms with van der Waals surface area (Å²) >= 11 is 0. The van der Waals surface area contributed by atoms with Crippen LogP contribution in [0.15, 0.2) is 78.9 Å². The zero-order chi connectivity index (χ0) is 29.3. The minimum atomic E-state index is -1.59. The summed E-state index contributed by atoms with van der Waals surface area (Å²) in [4.78, 5) is 62.0. The van der Waals surface area contributed by atoms with Crippen LogP contribution >= 0.6 is 0 Å². The number of hydrogen-bond acceptors (Lipinski definition) is 5. The molecule has 8 nitrogen and oxygen atoms in total. The molecule has 5 amide bonds. The standard InChI is InChI=1S/C33H33N3O5/c1-20-10-9-13-23(18-20)34-30(39)33(19-21-11-7-6-8-12-21)26-25(28(37)36(29(26)38)32(2,3)4)27(35(33)31(34)40)22-14-16-24(41-5)17-15-22/h6-18,25-27H,19H2,1-5H3/t25-,26-,27-,33-/m1/s1. The normalized spacial score (nSPS) is 25.7. The molecule has 0 bridgehead atoms. The van der Waals surface area contributed by atoms with Crippen LogP contribution in [0.5, 0.6) is 5.75 Å². The molecule has 3 aromatic carbocycles. The lowest BCUT2D eigenvalue weighted by atomic mass is 9.75. The Morgan fingerprint density at radius 2 is 1.54 bits per heavy atom. The molecule has 0 N–H and O–H groups in total. The summed E-state index contributed by atoms with van der Waals surface area (Å²) in [6.45, 7) is 7.34. The highest BCUT2D eigenvalue weighted by Crippen LogP contribution is 2.60. The van der Waals surface area contributed by atoms with Crippen LogP contribution in [0.4, 0.5) is 10.5 Å². The number of urea groups is 1. The first-order valence-electron chi connectivity index (χ1n) is 13.8. The number of methoxy groups -OCH3 is 1. The molecule has 4 atom stereocenters. The van der Waals surface area contributed by atoms with Gasteiger partial charge in [-0.15, -0.1) is 0 Å². The lowest BCUT2D eigenvalue weighted by Crippen LogP contribution is -2.57. The zero-order valence-corrected chi connectivity index (χ0v) is 23.8. The van der Waals surface area contributed by atoms with Gasteiger partial charge in [-0.2, -0.15) is 0 Å².